The summed E-state index contributed by atoms with van der Waals surface area (Å²) in [6, 6.07) is 11.9. The van der Waals surface area contributed by atoms with Gasteiger partial charge in [-0.2, -0.15) is 0 Å². The highest BCUT2D eigenvalue weighted by Gasteiger charge is 2.40. The Balaban J connectivity index is 1.30. The Morgan fingerprint density at radius 1 is 1.19 bits per heavy atom. The van der Waals surface area contributed by atoms with Crippen LogP contribution in [-0.4, -0.2) is 35.1 Å². The lowest BCUT2D eigenvalue weighted by Gasteiger charge is -2.34. The largest absolute Gasteiger partial charge is 0.487 e. The molecule has 0 aliphatic carbocycles. The first-order valence-corrected chi connectivity index (χ1v) is 10.9. The average Bonchev–Trinajstić information content (AvgIpc) is 3.34. The number of benzene rings is 1. The molecule has 3 heterocycles. The van der Waals surface area contributed by atoms with Crippen LogP contribution < -0.4 is 4.74 Å². The van der Waals surface area contributed by atoms with Crippen LogP contribution in [0.1, 0.15) is 28.8 Å². The molecule has 2 aromatic heterocycles. The van der Waals surface area contributed by atoms with Gasteiger partial charge < -0.3 is 23.7 Å². The van der Waals surface area contributed by atoms with Crippen molar-refractivity contribution >= 4 is 17.3 Å². The maximum Gasteiger partial charge on any atom is 0.364 e. The molecule has 4 rings (SSSR count). The number of aromatic nitrogens is 1. The van der Waals surface area contributed by atoms with Crippen LogP contribution in [0, 0.1) is 19.8 Å². The number of oxazole rings is 1. The van der Waals surface area contributed by atoms with E-state index < -0.39 is 11.8 Å². The number of ether oxygens (including phenoxy) is 3. The minimum atomic E-state index is -1.55. The Hall–Kier alpha value is -2.68. The van der Waals surface area contributed by atoms with Crippen molar-refractivity contribution < 1.29 is 28.5 Å². The molecule has 3 aromatic rings. The second-order valence-corrected chi connectivity index (χ2v) is 9.10. The number of rotatable bonds is 7. The van der Waals surface area contributed by atoms with Crippen LogP contribution in [-0.2, 0) is 27.3 Å². The van der Waals surface area contributed by atoms with Crippen molar-refractivity contribution in [1.82, 2.24) is 4.98 Å². The summed E-state index contributed by atoms with van der Waals surface area (Å²) in [7, 11) is 0. The fourth-order valence-corrected chi connectivity index (χ4v) is 4.10. The van der Waals surface area contributed by atoms with E-state index in [9.17, 15) is 4.79 Å². The maximum atomic E-state index is 11.2. The number of hydrogen-bond donors (Lipinski definition) is 1. The molecule has 0 radical (unpaired) electrons. The molecule has 0 saturated carbocycles. The Bertz CT molecular complexity index is 1050. The molecular formula is C23H25NO6S. The normalized spacial score (nSPS) is 21.2. The number of thiophene rings is 1. The van der Waals surface area contributed by atoms with Gasteiger partial charge in [0.1, 0.15) is 23.8 Å². The highest BCUT2D eigenvalue weighted by Crippen LogP contribution is 2.29. The summed E-state index contributed by atoms with van der Waals surface area (Å²) in [4.78, 5) is 18.0. The molecule has 0 amide bonds. The highest BCUT2D eigenvalue weighted by molar-refractivity contribution is 7.15. The second kappa shape index (κ2) is 8.82. The standard InChI is InChI=1S/C23H25NO6S/c1-14-4-9-20(31-14)21-24-19(15(2)30-21)13-27-18-7-5-16(6-8-18)10-17-11-28-23(3,22(25)26)29-12-17/h4-9,17H,10-13H2,1-3H3,(H,25,26)/t17-,23+. The Morgan fingerprint density at radius 3 is 2.52 bits per heavy atom. The molecule has 31 heavy (non-hydrogen) atoms. The molecule has 7 nitrogen and oxygen atoms in total. The SMILES string of the molecule is Cc1ccc(-c2nc(COc3ccc(C[C@H]4CO[C@@](C)(C(=O)O)OC4)cc3)c(C)o2)s1. The van der Waals surface area contributed by atoms with E-state index in [1.165, 1.54) is 11.8 Å². The Labute approximate surface area is 184 Å². The molecule has 1 saturated heterocycles. The molecule has 0 bridgehead atoms. The number of carbonyl (C=O) groups is 1. The molecule has 0 spiro atoms. The second-order valence-electron chi connectivity index (χ2n) is 7.81. The lowest BCUT2D eigenvalue weighted by atomic mass is 9.99. The van der Waals surface area contributed by atoms with Crippen molar-refractivity contribution in [3.8, 4) is 16.5 Å². The first kappa shape index (κ1) is 21.5. The van der Waals surface area contributed by atoms with E-state index in [1.54, 1.807) is 11.3 Å². The van der Waals surface area contributed by atoms with E-state index in [0.717, 1.165) is 34.1 Å². The van der Waals surface area contributed by atoms with E-state index >= 15 is 0 Å². The van der Waals surface area contributed by atoms with Crippen molar-refractivity contribution in [1.29, 1.82) is 0 Å². The first-order chi connectivity index (χ1) is 14.8. The third kappa shape index (κ3) is 4.98. The summed E-state index contributed by atoms with van der Waals surface area (Å²) in [6.45, 7) is 6.40. The maximum absolute atomic E-state index is 11.2. The smallest absolute Gasteiger partial charge is 0.364 e. The van der Waals surface area contributed by atoms with Crippen molar-refractivity contribution in [3.05, 3.63) is 58.3 Å². The number of nitrogens with zero attached hydrogens (tertiary/aromatic N) is 1. The zero-order valence-corrected chi connectivity index (χ0v) is 18.5. The van der Waals surface area contributed by atoms with Gasteiger partial charge in [-0.1, -0.05) is 12.1 Å². The molecule has 0 unspecified atom stereocenters. The molecule has 8 heteroatoms. The van der Waals surface area contributed by atoms with Gasteiger partial charge in [0.2, 0.25) is 5.89 Å². The molecular weight excluding hydrogens is 418 g/mol. The van der Waals surface area contributed by atoms with Gasteiger partial charge in [-0.25, -0.2) is 9.78 Å². The minimum Gasteiger partial charge on any atom is -0.487 e. The van der Waals surface area contributed by atoms with Gasteiger partial charge in [-0.05, 0) is 50.1 Å². The summed E-state index contributed by atoms with van der Waals surface area (Å²) in [5.41, 5.74) is 1.89. The van der Waals surface area contributed by atoms with Gasteiger partial charge >= 0.3 is 5.97 Å². The van der Waals surface area contributed by atoms with Crippen LogP contribution in [0.4, 0.5) is 0 Å². The molecule has 1 aliphatic rings. The van der Waals surface area contributed by atoms with Crippen molar-refractivity contribution in [2.45, 2.75) is 39.6 Å². The van der Waals surface area contributed by atoms with E-state index in [-0.39, 0.29) is 5.92 Å². The summed E-state index contributed by atoms with van der Waals surface area (Å²) < 4.78 is 22.5. The van der Waals surface area contributed by atoms with Gasteiger partial charge in [0.25, 0.3) is 5.79 Å². The summed E-state index contributed by atoms with van der Waals surface area (Å²) in [6.07, 6.45) is 0.738. The van der Waals surface area contributed by atoms with Crippen LogP contribution in [0.15, 0.2) is 40.8 Å². The Morgan fingerprint density at radius 2 is 1.90 bits per heavy atom. The molecule has 1 aliphatic heterocycles. The van der Waals surface area contributed by atoms with Gasteiger partial charge in [0.05, 0.1) is 18.1 Å². The van der Waals surface area contributed by atoms with Gasteiger partial charge in [-0.3, -0.25) is 0 Å². The Kier molecular flexibility index (Phi) is 6.13. The van der Waals surface area contributed by atoms with Crippen LogP contribution in [0.25, 0.3) is 10.8 Å². The number of carboxylic acid groups (broad SMARTS) is 1. The third-order valence-corrected chi connectivity index (χ3v) is 6.23. The van der Waals surface area contributed by atoms with Crippen LogP contribution in [0.5, 0.6) is 5.75 Å². The zero-order chi connectivity index (χ0) is 22.0. The van der Waals surface area contributed by atoms with Crippen molar-refractivity contribution in [3.63, 3.8) is 0 Å². The van der Waals surface area contributed by atoms with Crippen LogP contribution in [0.3, 0.4) is 0 Å². The van der Waals surface area contributed by atoms with E-state index in [0.29, 0.717) is 25.7 Å². The highest BCUT2D eigenvalue weighted by atomic mass is 32.1. The summed E-state index contributed by atoms with van der Waals surface area (Å²) >= 11 is 1.65. The number of aliphatic carboxylic acids is 1. The lowest BCUT2D eigenvalue weighted by molar-refractivity contribution is -0.270. The predicted octanol–water partition coefficient (Wildman–Crippen LogP) is 4.61. The third-order valence-electron chi connectivity index (χ3n) is 5.24. The van der Waals surface area contributed by atoms with E-state index in [2.05, 4.69) is 11.9 Å². The zero-order valence-electron chi connectivity index (χ0n) is 17.7. The van der Waals surface area contributed by atoms with Crippen LogP contribution >= 0.6 is 11.3 Å². The van der Waals surface area contributed by atoms with Crippen molar-refractivity contribution in [2.24, 2.45) is 5.92 Å². The molecule has 1 N–H and O–H groups in total. The van der Waals surface area contributed by atoms with E-state index in [1.807, 2.05) is 43.3 Å². The lowest BCUT2D eigenvalue weighted by Crippen LogP contribution is -2.48. The first-order valence-electron chi connectivity index (χ1n) is 10.1. The van der Waals surface area contributed by atoms with Gasteiger partial charge in [0, 0.05) is 17.7 Å². The molecule has 1 fully saturated rings. The number of carboxylic acids is 1. The quantitative estimate of drug-likeness (QED) is 0.570. The minimum absolute atomic E-state index is 0.108. The topological polar surface area (TPSA) is 91.0 Å². The fourth-order valence-electron chi connectivity index (χ4n) is 3.31. The summed E-state index contributed by atoms with van der Waals surface area (Å²) in [5.74, 6) is -0.419. The van der Waals surface area contributed by atoms with Crippen molar-refractivity contribution in [2.75, 3.05) is 13.2 Å². The monoisotopic (exact) mass is 443 g/mol. The van der Waals surface area contributed by atoms with Gasteiger partial charge in [0.15, 0.2) is 0 Å². The van der Waals surface area contributed by atoms with Crippen LogP contribution in [0.2, 0.25) is 0 Å². The molecule has 164 valence electrons. The fraction of sp³-hybridized carbons (Fsp3) is 0.391. The number of hydrogen-bond acceptors (Lipinski definition) is 7. The molecule has 0 atom stereocenters. The average molecular weight is 444 g/mol. The number of aryl methyl sites for hydroxylation is 2. The molecule has 1 aromatic carbocycles. The van der Waals surface area contributed by atoms with Gasteiger partial charge in [-0.15, -0.1) is 11.3 Å². The predicted molar refractivity (Wildman–Crippen MR) is 115 cm³/mol. The van der Waals surface area contributed by atoms with E-state index in [4.69, 9.17) is 23.7 Å². The summed E-state index contributed by atoms with van der Waals surface area (Å²) in [5, 5.41) is 9.14.